The number of nitrogens with zero attached hydrogens (tertiary/aromatic N) is 2. The Kier molecular flexibility index (Phi) is 2.55. The van der Waals surface area contributed by atoms with E-state index in [9.17, 15) is 4.79 Å². The van der Waals surface area contributed by atoms with Gasteiger partial charge in [0.05, 0.1) is 25.1 Å². The second-order valence-electron chi connectivity index (χ2n) is 5.20. The zero-order valence-electron chi connectivity index (χ0n) is 9.77. The fourth-order valence-electron chi connectivity index (χ4n) is 2.00. The van der Waals surface area contributed by atoms with Crippen LogP contribution in [0.25, 0.3) is 0 Å². The molecule has 5 heteroatoms. The van der Waals surface area contributed by atoms with Crippen LogP contribution in [0.5, 0.6) is 0 Å². The molecule has 0 bridgehead atoms. The number of rotatable bonds is 1. The Morgan fingerprint density at radius 1 is 1.62 bits per heavy atom. The number of carbonyl (C=O) groups excluding carboxylic acids is 1. The van der Waals surface area contributed by atoms with E-state index in [1.807, 2.05) is 20.8 Å². The Morgan fingerprint density at radius 3 is 2.88 bits per heavy atom. The molecule has 0 N–H and O–H groups in total. The molecule has 1 amide bonds. The van der Waals surface area contributed by atoms with Crippen LogP contribution in [0.4, 0.5) is 4.79 Å². The highest BCUT2D eigenvalue weighted by atomic mass is 16.6. The maximum atomic E-state index is 11.9. The lowest BCUT2D eigenvalue weighted by Gasteiger charge is -2.28. The van der Waals surface area contributed by atoms with E-state index in [0.29, 0.717) is 13.0 Å². The summed E-state index contributed by atoms with van der Waals surface area (Å²) in [6.07, 6.45) is 0.127. The molecular weight excluding hydrogens is 208 g/mol. The molecule has 2 aliphatic heterocycles. The van der Waals surface area contributed by atoms with E-state index in [-0.39, 0.29) is 24.3 Å². The lowest BCUT2D eigenvalue weighted by molar-refractivity contribution is 0.0129. The second kappa shape index (κ2) is 3.63. The molecule has 16 heavy (non-hydrogen) atoms. The summed E-state index contributed by atoms with van der Waals surface area (Å²) in [6, 6.07) is 1.95. The van der Waals surface area contributed by atoms with E-state index in [1.165, 1.54) is 0 Å². The van der Waals surface area contributed by atoms with Crippen molar-refractivity contribution in [1.29, 1.82) is 5.26 Å². The average molecular weight is 224 g/mol. The Hall–Kier alpha value is -1.28. The molecule has 0 radical (unpaired) electrons. The number of likely N-dealkylation sites (tertiary alicyclic amines) is 1. The third-order valence-electron chi connectivity index (χ3n) is 2.71. The fraction of sp³-hybridized carbons (Fsp3) is 0.818. The largest absolute Gasteiger partial charge is 0.444 e. The van der Waals surface area contributed by atoms with Crippen LogP contribution in [0.1, 0.15) is 27.2 Å². The van der Waals surface area contributed by atoms with Gasteiger partial charge < -0.3 is 9.47 Å². The summed E-state index contributed by atoms with van der Waals surface area (Å²) < 4.78 is 10.6. The van der Waals surface area contributed by atoms with Crippen molar-refractivity contribution >= 4 is 6.09 Å². The van der Waals surface area contributed by atoms with Gasteiger partial charge in [0.2, 0.25) is 0 Å². The number of morpholine rings is 1. The van der Waals surface area contributed by atoms with E-state index < -0.39 is 5.60 Å². The van der Waals surface area contributed by atoms with Gasteiger partial charge in [-0.15, -0.1) is 0 Å². The first-order chi connectivity index (χ1) is 7.42. The Balaban J connectivity index is 1.99. The highest BCUT2D eigenvalue weighted by Crippen LogP contribution is 2.38. The number of fused-ring (bicyclic) bond motifs is 1. The van der Waals surface area contributed by atoms with E-state index in [0.717, 1.165) is 0 Å². The number of nitriles is 1. The molecule has 0 aliphatic carbocycles. The molecule has 2 unspecified atom stereocenters. The van der Waals surface area contributed by atoms with Crippen LogP contribution >= 0.6 is 0 Å². The van der Waals surface area contributed by atoms with Crippen LogP contribution in [0.3, 0.4) is 0 Å². The lowest BCUT2D eigenvalue weighted by Crippen LogP contribution is -2.42. The third kappa shape index (κ3) is 2.12. The maximum absolute atomic E-state index is 11.9. The topological polar surface area (TPSA) is 65.9 Å². The van der Waals surface area contributed by atoms with Gasteiger partial charge in [-0.2, -0.15) is 5.26 Å². The molecule has 88 valence electrons. The van der Waals surface area contributed by atoms with Gasteiger partial charge in [-0.05, 0) is 20.8 Å². The Bertz CT molecular complexity index is 342. The van der Waals surface area contributed by atoms with Crippen molar-refractivity contribution in [2.45, 2.75) is 51.0 Å². The summed E-state index contributed by atoms with van der Waals surface area (Å²) in [4.78, 5) is 13.5. The lowest BCUT2D eigenvalue weighted by atomic mass is 10.1. The van der Waals surface area contributed by atoms with Crippen molar-refractivity contribution in [1.82, 2.24) is 4.90 Å². The Labute approximate surface area is 94.9 Å². The molecule has 0 aromatic rings. The molecule has 2 aliphatic rings. The summed E-state index contributed by atoms with van der Waals surface area (Å²) >= 11 is 0. The van der Waals surface area contributed by atoms with Gasteiger partial charge in [0.1, 0.15) is 17.8 Å². The van der Waals surface area contributed by atoms with Crippen LogP contribution in [-0.4, -0.2) is 41.4 Å². The van der Waals surface area contributed by atoms with Crippen molar-refractivity contribution in [2.75, 3.05) is 6.54 Å². The molecule has 0 aromatic heterocycles. The minimum absolute atomic E-state index is 0.0483. The number of hydrogen-bond acceptors (Lipinski definition) is 4. The first kappa shape index (κ1) is 11.2. The smallest absolute Gasteiger partial charge is 0.410 e. The van der Waals surface area contributed by atoms with Crippen molar-refractivity contribution in [3.8, 4) is 6.07 Å². The second-order valence-corrected chi connectivity index (χ2v) is 5.20. The van der Waals surface area contributed by atoms with E-state index >= 15 is 0 Å². The molecule has 2 saturated heterocycles. The monoisotopic (exact) mass is 224 g/mol. The predicted octanol–water partition coefficient (Wildman–Crippen LogP) is 1.29. The molecule has 3 atom stereocenters. The third-order valence-corrected chi connectivity index (χ3v) is 2.71. The van der Waals surface area contributed by atoms with Gasteiger partial charge in [-0.1, -0.05) is 0 Å². The van der Waals surface area contributed by atoms with Gasteiger partial charge in [0, 0.05) is 0 Å². The number of ether oxygens (including phenoxy) is 2. The highest BCUT2D eigenvalue weighted by molar-refractivity contribution is 5.69. The molecule has 0 aromatic carbocycles. The minimum Gasteiger partial charge on any atom is -0.444 e. The molecule has 2 heterocycles. The first-order valence-corrected chi connectivity index (χ1v) is 5.44. The molecule has 2 fully saturated rings. The van der Waals surface area contributed by atoms with Crippen LogP contribution in [-0.2, 0) is 9.47 Å². The molecular formula is C11H16N2O3. The van der Waals surface area contributed by atoms with E-state index in [2.05, 4.69) is 6.07 Å². The van der Waals surface area contributed by atoms with Crippen molar-refractivity contribution in [3.63, 3.8) is 0 Å². The van der Waals surface area contributed by atoms with Crippen LogP contribution in [0, 0.1) is 11.3 Å². The van der Waals surface area contributed by atoms with Crippen molar-refractivity contribution in [3.05, 3.63) is 0 Å². The molecule has 0 saturated carbocycles. The predicted molar refractivity (Wildman–Crippen MR) is 55.6 cm³/mol. The summed E-state index contributed by atoms with van der Waals surface area (Å²) in [5.74, 6) is 0. The van der Waals surface area contributed by atoms with Crippen LogP contribution in [0.2, 0.25) is 0 Å². The standard InChI is InChI=1S/C11H16N2O3/c1-11(2,3)16-10(14)13-6-8-9(15-8)7(13)4-5-12/h7-9H,4,6H2,1-3H3/t7-,8?,9?/m1/s1. The summed E-state index contributed by atoms with van der Waals surface area (Å²) in [7, 11) is 0. The summed E-state index contributed by atoms with van der Waals surface area (Å²) in [5.41, 5.74) is -0.498. The van der Waals surface area contributed by atoms with Gasteiger partial charge in [0.25, 0.3) is 0 Å². The summed E-state index contributed by atoms with van der Waals surface area (Å²) in [5, 5.41) is 8.71. The fourth-order valence-corrected chi connectivity index (χ4v) is 2.00. The zero-order chi connectivity index (χ0) is 11.9. The Morgan fingerprint density at radius 2 is 2.31 bits per heavy atom. The number of carbonyl (C=O) groups is 1. The van der Waals surface area contributed by atoms with Crippen LogP contribution < -0.4 is 0 Å². The normalized spacial score (nSPS) is 31.9. The minimum atomic E-state index is -0.498. The first-order valence-electron chi connectivity index (χ1n) is 5.44. The quantitative estimate of drug-likeness (QED) is 0.629. The van der Waals surface area contributed by atoms with Crippen molar-refractivity contribution in [2.24, 2.45) is 0 Å². The van der Waals surface area contributed by atoms with E-state index in [1.54, 1.807) is 4.90 Å². The maximum Gasteiger partial charge on any atom is 0.410 e. The SMILES string of the molecule is CC(C)(C)OC(=O)N1CC2OC2[C@H]1CC#N. The number of amides is 1. The average Bonchev–Trinajstić information content (AvgIpc) is 2.81. The zero-order valence-corrected chi connectivity index (χ0v) is 9.77. The highest BCUT2D eigenvalue weighted by Gasteiger charge is 2.56. The number of hydrogen-bond donors (Lipinski definition) is 0. The molecule has 2 rings (SSSR count). The van der Waals surface area contributed by atoms with E-state index in [4.69, 9.17) is 14.7 Å². The van der Waals surface area contributed by atoms with Gasteiger partial charge in [-0.25, -0.2) is 4.79 Å². The van der Waals surface area contributed by atoms with Gasteiger partial charge >= 0.3 is 6.09 Å². The summed E-state index contributed by atoms with van der Waals surface area (Å²) in [6.45, 7) is 6.04. The van der Waals surface area contributed by atoms with Crippen molar-refractivity contribution < 1.29 is 14.3 Å². The van der Waals surface area contributed by atoms with Crippen LogP contribution in [0.15, 0.2) is 0 Å². The molecule has 0 spiro atoms. The van der Waals surface area contributed by atoms with Gasteiger partial charge in [-0.3, -0.25) is 4.90 Å². The van der Waals surface area contributed by atoms with Gasteiger partial charge in [0.15, 0.2) is 0 Å². The number of epoxide rings is 1. The molecule has 5 nitrogen and oxygen atoms in total.